The molecule has 0 aliphatic heterocycles. The van der Waals surface area contributed by atoms with Gasteiger partial charge in [-0.2, -0.15) is 0 Å². The Kier molecular flexibility index (Phi) is 7.67. The van der Waals surface area contributed by atoms with E-state index in [1.807, 2.05) is 0 Å². The smallest absolute Gasteiger partial charge is 0.303 e. The maximum Gasteiger partial charge on any atom is 0.303 e. The zero-order chi connectivity index (χ0) is 25.2. The van der Waals surface area contributed by atoms with Gasteiger partial charge in [-0.25, -0.2) is 4.98 Å². The lowest BCUT2D eigenvalue weighted by Gasteiger charge is -2.37. The first-order valence-corrected chi connectivity index (χ1v) is 13.3. The van der Waals surface area contributed by atoms with Gasteiger partial charge in [-0.05, 0) is 79.9 Å². The number of aliphatic carboxylic acids is 1. The Morgan fingerprint density at radius 3 is 2.63 bits per heavy atom. The van der Waals surface area contributed by atoms with E-state index >= 15 is 0 Å². The Morgan fingerprint density at radius 1 is 1.20 bits per heavy atom. The molecule has 6 heteroatoms. The van der Waals surface area contributed by atoms with Crippen LogP contribution in [0.15, 0.2) is 29.8 Å². The van der Waals surface area contributed by atoms with Crippen molar-refractivity contribution in [1.29, 1.82) is 0 Å². The van der Waals surface area contributed by atoms with E-state index in [1.54, 1.807) is 0 Å². The predicted octanol–water partition coefficient (Wildman–Crippen LogP) is 5.81. The third-order valence-electron chi connectivity index (χ3n) is 8.47. The summed E-state index contributed by atoms with van der Waals surface area (Å²) in [5, 5.41) is 12.5. The minimum Gasteiger partial charge on any atom is -0.481 e. The molecule has 3 N–H and O–H groups in total. The average molecular weight is 480 g/mol. The molecule has 1 aromatic heterocycles. The summed E-state index contributed by atoms with van der Waals surface area (Å²) in [5.74, 6) is 1.97. The lowest BCUT2D eigenvalue weighted by Crippen LogP contribution is -2.39. The highest BCUT2D eigenvalue weighted by Gasteiger charge is 2.38. The maximum absolute atomic E-state index is 12.9. The SMILES string of the molecule is CC1=CC(CNC(=O)CC2(CC(=O)O)CCCC2)C(C(C)C)CC1Cc1nc2ccc(C)cc2[nH]1. The van der Waals surface area contributed by atoms with Gasteiger partial charge in [-0.15, -0.1) is 0 Å². The standard InChI is InChI=1S/C29H41N3O3/c1-18(2)23-13-21(14-26-31-24-8-7-19(3)11-25(24)32-26)20(4)12-22(23)17-30-27(33)15-29(16-28(34)35)9-5-6-10-29/h7-8,11-12,18,21-23H,5-6,9-10,13-17H2,1-4H3,(H,30,33)(H,31,32)(H,34,35). The van der Waals surface area contributed by atoms with Crippen LogP contribution in [0.1, 0.15) is 77.1 Å². The van der Waals surface area contributed by atoms with Gasteiger partial charge in [0.05, 0.1) is 17.5 Å². The van der Waals surface area contributed by atoms with Crippen LogP contribution < -0.4 is 5.32 Å². The van der Waals surface area contributed by atoms with Crippen LogP contribution in [0.5, 0.6) is 0 Å². The largest absolute Gasteiger partial charge is 0.481 e. The molecule has 1 aromatic carbocycles. The van der Waals surface area contributed by atoms with E-state index in [-0.39, 0.29) is 17.7 Å². The number of aromatic nitrogens is 2. The number of nitrogens with zero attached hydrogens (tertiary/aromatic N) is 1. The van der Waals surface area contributed by atoms with Crippen molar-refractivity contribution in [2.24, 2.45) is 29.1 Å². The van der Waals surface area contributed by atoms with E-state index in [0.29, 0.717) is 36.6 Å². The van der Waals surface area contributed by atoms with E-state index in [9.17, 15) is 14.7 Å². The molecule has 3 unspecified atom stereocenters. The van der Waals surface area contributed by atoms with Gasteiger partial charge in [0.25, 0.3) is 0 Å². The number of benzene rings is 1. The highest BCUT2D eigenvalue weighted by Crippen LogP contribution is 2.44. The molecule has 0 saturated heterocycles. The Labute approximate surface area is 209 Å². The highest BCUT2D eigenvalue weighted by molar-refractivity contribution is 5.78. The molecule has 0 bridgehead atoms. The third-order valence-corrected chi connectivity index (χ3v) is 8.47. The lowest BCUT2D eigenvalue weighted by atomic mass is 9.69. The van der Waals surface area contributed by atoms with Crippen LogP contribution in [-0.2, 0) is 16.0 Å². The summed E-state index contributed by atoms with van der Waals surface area (Å²) in [7, 11) is 0. The second-order valence-electron chi connectivity index (χ2n) is 11.6. The number of carboxylic acid groups (broad SMARTS) is 1. The Bertz CT molecular complexity index is 1090. The Morgan fingerprint density at radius 2 is 1.94 bits per heavy atom. The number of fused-ring (bicyclic) bond motifs is 1. The lowest BCUT2D eigenvalue weighted by molar-refractivity contribution is -0.140. The number of amides is 1. The summed E-state index contributed by atoms with van der Waals surface area (Å²) in [6.45, 7) is 9.48. The molecule has 2 aliphatic carbocycles. The average Bonchev–Trinajstić information content (AvgIpc) is 3.39. The molecule has 1 fully saturated rings. The predicted molar refractivity (Wildman–Crippen MR) is 139 cm³/mol. The number of hydrogen-bond donors (Lipinski definition) is 3. The summed E-state index contributed by atoms with van der Waals surface area (Å²) in [5.41, 5.74) is 4.36. The second kappa shape index (κ2) is 10.5. The molecule has 0 spiro atoms. The molecular weight excluding hydrogens is 438 g/mol. The van der Waals surface area contributed by atoms with Crippen molar-refractivity contribution >= 4 is 22.9 Å². The minimum absolute atomic E-state index is 0.00130. The number of aryl methyl sites for hydroxylation is 1. The molecule has 35 heavy (non-hydrogen) atoms. The first kappa shape index (κ1) is 25.5. The van der Waals surface area contributed by atoms with E-state index in [2.05, 4.69) is 62.3 Å². The van der Waals surface area contributed by atoms with Crippen LogP contribution in [0.25, 0.3) is 11.0 Å². The molecule has 4 rings (SSSR count). The van der Waals surface area contributed by atoms with Gasteiger partial charge in [-0.3, -0.25) is 9.59 Å². The van der Waals surface area contributed by atoms with Gasteiger partial charge >= 0.3 is 5.97 Å². The van der Waals surface area contributed by atoms with Gasteiger partial charge in [-0.1, -0.05) is 44.4 Å². The molecule has 0 radical (unpaired) electrons. The van der Waals surface area contributed by atoms with E-state index in [4.69, 9.17) is 4.98 Å². The summed E-state index contributed by atoms with van der Waals surface area (Å²) < 4.78 is 0. The van der Waals surface area contributed by atoms with E-state index < -0.39 is 5.97 Å². The van der Waals surface area contributed by atoms with Crippen molar-refractivity contribution in [2.45, 2.75) is 79.1 Å². The number of carbonyl (C=O) groups excluding carboxylic acids is 1. The van der Waals surface area contributed by atoms with Crippen molar-refractivity contribution in [3.63, 3.8) is 0 Å². The van der Waals surface area contributed by atoms with Gasteiger partial charge < -0.3 is 15.4 Å². The number of allylic oxidation sites excluding steroid dienone is 1. The Balaban J connectivity index is 1.40. The first-order chi connectivity index (χ1) is 16.6. The van der Waals surface area contributed by atoms with Crippen LogP contribution >= 0.6 is 0 Å². The number of carboxylic acids is 1. The number of H-pyrrole nitrogens is 1. The molecule has 190 valence electrons. The molecule has 3 atom stereocenters. The monoisotopic (exact) mass is 479 g/mol. The van der Waals surface area contributed by atoms with Gasteiger partial charge in [0, 0.05) is 19.4 Å². The van der Waals surface area contributed by atoms with Gasteiger partial charge in [0.1, 0.15) is 5.82 Å². The van der Waals surface area contributed by atoms with E-state index in [0.717, 1.165) is 55.4 Å². The van der Waals surface area contributed by atoms with Crippen LogP contribution in [0, 0.1) is 36.0 Å². The number of imidazole rings is 1. The van der Waals surface area contributed by atoms with Crippen molar-refractivity contribution in [3.05, 3.63) is 41.2 Å². The van der Waals surface area contributed by atoms with Gasteiger partial charge in [0.2, 0.25) is 5.91 Å². The molecule has 1 amide bonds. The number of nitrogens with one attached hydrogen (secondary N) is 2. The van der Waals surface area contributed by atoms with Crippen LogP contribution in [-0.4, -0.2) is 33.5 Å². The zero-order valence-corrected chi connectivity index (χ0v) is 21.7. The van der Waals surface area contributed by atoms with E-state index in [1.165, 1.54) is 11.1 Å². The first-order valence-electron chi connectivity index (χ1n) is 13.3. The molecule has 1 saturated carbocycles. The maximum atomic E-state index is 12.9. The molecule has 2 aromatic rings. The second-order valence-corrected chi connectivity index (χ2v) is 11.6. The normalized spacial score (nSPS) is 24.0. The summed E-state index contributed by atoms with van der Waals surface area (Å²) in [6.07, 6.45) is 8.50. The van der Waals surface area contributed by atoms with Crippen molar-refractivity contribution in [3.8, 4) is 0 Å². The zero-order valence-electron chi connectivity index (χ0n) is 21.7. The summed E-state index contributed by atoms with van der Waals surface area (Å²) >= 11 is 0. The number of carbonyl (C=O) groups is 2. The minimum atomic E-state index is -0.795. The topological polar surface area (TPSA) is 95.1 Å². The molecular formula is C29H41N3O3. The number of aromatic amines is 1. The fourth-order valence-electron chi connectivity index (χ4n) is 6.51. The fourth-order valence-corrected chi connectivity index (χ4v) is 6.51. The summed E-state index contributed by atoms with van der Waals surface area (Å²) in [4.78, 5) is 32.6. The van der Waals surface area contributed by atoms with Gasteiger partial charge in [0.15, 0.2) is 0 Å². The van der Waals surface area contributed by atoms with Crippen LogP contribution in [0.2, 0.25) is 0 Å². The van der Waals surface area contributed by atoms with Crippen molar-refractivity contribution in [2.75, 3.05) is 6.54 Å². The summed E-state index contributed by atoms with van der Waals surface area (Å²) in [6, 6.07) is 6.33. The molecule has 6 nitrogen and oxygen atoms in total. The van der Waals surface area contributed by atoms with Crippen LogP contribution in [0.4, 0.5) is 0 Å². The highest BCUT2D eigenvalue weighted by atomic mass is 16.4. The third kappa shape index (κ3) is 6.14. The van der Waals surface area contributed by atoms with Crippen molar-refractivity contribution < 1.29 is 14.7 Å². The molecule has 2 aliphatic rings. The fraction of sp³-hybridized carbons (Fsp3) is 0.621. The Hall–Kier alpha value is -2.63. The number of hydrogen-bond acceptors (Lipinski definition) is 3. The van der Waals surface area contributed by atoms with Crippen molar-refractivity contribution in [1.82, 2.24) is 15.3 Å². The number of rotatable bonds is 9. The van der Waals surface area contributed by atoms with Crippen LogP contribution in [0.3, 0.4) is 0 Å². The quantitative estimate of drug-likeness (QED) is 0.396. The molecule has 1 heterocycles.